The standard InChI is InChI=1S/C11H14BrNO/c1-3-11-10(8-9(2)12)4-5-13(11)6-7-14/h3-5,8,14H,1,6-7H2,2H3/b9-8+. The first-order chi connectivity index (χ1) is 6.69. The first-order valence-corrected chi connectivity index (χ1v) is 5.24. The summed E-state index contributed by atoms with van der Waals surface area (Å²) in [5.41, 5.74) is 2.15. The van der Waals surface area contributed by atoms with Crippen LogP contribution >= 0.6 is 15.9 Å². The maximum atomic E-state index is 8.85. The largest absolute Gasteiger partial charge is 0.395 e. The summed E-state index contributed by atoms with van der Waals surface area (Å²) in [7, 11) is 0. The Balaban J connectivity index is 3.07. The Morgan fingerprint density at radius 1 is 1.71 bits per heavy atom. The van der Waals surface area contributed by atoms with Crippen LogP contribution in [0.5, 0.6) is 0 Å². The molecule has 0 aromatic carbocycles. The molecule has 2 nitrogen and oxygen atoms in total. The fourth-order valence-electron chi connectivity index (χ4n) is 1.38. The highest BCUT2D eigenvalue weighted by Crippen LogP contribution is 2.18. The maximum Gasteiger partial charge on any atom is 0.0610 e. The third-order valence-corrected chi connectivity index (χ3v) is 2.16. The first kappa shape index (κ1) is 11.3. The van der Waals surface area contributed by atoms with Crippen LogP contribution in [-0.2, 0) is 6.54 Å². The Bertz CT molecular complexity index is 348. The molecule has 0 saturated carbocycles. The maximum absolute atomic E-state index is 8.85. The van der Waals surface area contributed by atoms with Crippen LogP contribution < -0.4 is 0 Å². The van der Waals surface area contributed by atoms with Crippen molar-refractivity contribution in [2.45, 2.75) is 13.5 Å². The van der Waals surface area contributed by atoms with E-state index in [1.54, 1.807) is 6.08 Å². The van der Waals surface area contributed by atoms with Crippen LogP contribution in [-0.4, -0.2) is 16.3 Å². The molecule has 0 bridgehead atoms. The molecule has 1 heterocycles. The van der Waals surface area contributed by atoms with Crippen LogP contribution in [0.3, 0.4) is 0 Å². The fraction of sp³-hybridized carbons (Fsp3) is 0.273. The van der Waals surface area contributed by atoms with Crippen LogP contribution in [0.25, 0.3) is 12.2 Å². The average Bonchev–Trinajstić information content (AvgIpc) is 2.47. The molecule has 1 N–H and O–H groups in total. The van der Waals surface area contributed by atoms with Crippen LogP contribution in [0.1, 0.15) is 18.2 Å². The van der Waals surface area contributed by atoms with E-state index in [0.717, 1.165) is 15.7 Å². The highest BCUT2D eigenvalue weighted by atomic mass is 79.9. The molecule has 0 fully saturated rings. The highest BCUT2D eigenvalue weighted by Gasteiger charge is 2.02. The van der Waals surface area contributed by atoms with E-state index in [0.29, 0.717) is 6.54 Å². The van der Waals surface area contributed by atoms with E-state index in [4.69, 9.17) is 5.11 Å². The van der Waals surface area contributed by atoms with Gasteiger partial charge in [0.1, 0.15) is 0 Å². The molecule has 0 aliphatic rings. The molecule has 0 unspecified atom stereocenters. The van der Waals surface area contributed by atoms with Gasteiger partial charge in [0.15, 0.2) is 0 Å². The summed E-state index contributed by atoms with van der Waals surface area (Å²) >= 11 is 3.39. The molecule has 1 rings (SSSR count). The number of halogens is 1. The van der Waals surface area contributed by atoms with Gasteiger partial charge < -0.3 is 9.67 Å². The second-order valence-electron chi connectivity index (χ2n) is 3.01. The molecular formula is C11H14BrNO. The summed E-state index contributed by atoms with van der Waals surface area (Å²) < 4.78 is 3.05. The van der Waals surface area contributed by atoms with E-state index in [-0.39, 0.29) is 6.61 Å². The first-order valence-electron chi connectivity index (χ1n) is 4.45. The van der Waals surface area contributed by atoms with Crippen molar-refractivity contribution in [3.63, 3.8) is 0 Å². The van der Waals surface area contributed by atoms with Crippen molar-refractivity contribution >= 4 is 28.1 Å². The monoisotopic (exact) mass is 255 g/mol. The van der Waals surface area contributed by atoms with Crippen molar-refractivity contribution in [3.8, 4) is 0 Å². The molecule has 0 aliphatic heterocycles. The predicted molar refractivity (Wildman–Crippen MR) is 64.2 cm³/mol. The summed E-state index contributed by atoms with van der Waals surface area (Å²) in [4.78, 5) is 0. The van der Waals surface area contributed by atoms with Crippen molar-refractivity contribution in [3.05, 3.63) is 34.6 Å². The second kappa shape index (κ2) is 5.17. The zero-order valence-corrected chi connectivity index (χ0v) is 9.79. The summed E-state index contributed by atoms with van der Waals surface area (Å²) in [6, 6.07) is 2.01. The molecule has 3 heteroatoms. The molecular weight excluding hydrogens is 242 g/mol. The van der Waals surface area contributed by atoms with Gasteiger partial charge in [0.2, 0.25) is 0 Å². The summed E-state index contributed by atoms with van der Waals surface area (Å²) in [6.45, 7) is 6.50. The number of aliphatic hydroxyl groups is 1. The molecule has 0 radical (unpaired) electrons. The Morgan fingerprint density at radius 3 is 2.93 bits per heavy atom. The van der Waals surface area contributed by atoms with Gasteiger partial charge >= 0.3 is 0 Å². The molecule has 1 aromatic rings. The molecule has 0 saturated heterocycles. The lowest BCUT2D eigenvalue weighted by Crippen LogP contribution is -2.02. The third-order valence-electron chi connectivity index (χ3n) is 1.93. The molecule has 0 spiro atoms. The SMILES string of the molecule is C=Cc1c(/C=C(\C)Br)ccn1CCO. The van der Waals surface area contributed by atoms with Gasteiger partial charge in [-0.05, 0) is 29.6 Å². The van der Waals surface area contributed by atoms with Crippen molar-refractivity contribution in [2.24, 2.45) is 0 Å². The zero-order chi connectivity index (χ0) is 10.6. The molecule has 76 valence electrons. The average molecular weight is 256 g/mol. The Kier molecular flexibility index (Phi) is 4.17. The second-order valence-corrected chi connectivity index (χ2v) is 4.26. The molecule has 0 atom stereocenters. The third kappa shape index (κ3) is 2.59. The van der Waals surface area contributed by atoms with E-state index in [9.17, 15) is 0 Å². The van der Waals surface area contributed by atoms with Gasteiger partial charge in [-0.3, -0.25) is 0 Å². The summed E-state index contributed by atoms with van der Waals surface area (Å²) in [5.74, 6) is 0. The van der Waals surface area contributed by atoms with Crippen molar-refractivity contribution < 1.29 is 5.11 Å². The van der Waals surface area contributed by atoms with Gasteiger partial charge in [-0.1, -0.05) is 22.5 Å². The lowest BCUT2D eigenvalue weighted by atomic mass is 10.2. The van der Waals surface area contributed by atoms with E-state index in [2.05, 4.69) is 22.5 Å². The number of nitrogens with zero attached hydrogens (tertiary/aromatic N) is 1. The van der Waals surface area contributed by atoms with E-state index in [1.165, 1.54) is 0 Å². The van der Waals surface area contributed by atoms with Crippen LogP contribution in [0.2, 0.25) is 0 Å². The Hall–Kier alpha value is -0.800. The molecule has 0 amide bonds. The highest BCUT2D eigenvalue weighted by molar-refractivity contribution is 9.11. The summed E-state index contributed by atoms with van der Waals surface area (Å²) in [6.07, 6.45) is 5.79. The minimum Gasteiger partial charge on any atom is -0.395 e. The fourth-order valence-corrected chi connectivity index (χ4v) is 1.62. The molecule has 0 aliphatic carbocycles. The van der Waals surface area contributed by atoms with Gasteiger partial charge in [-0.25, -0.2) is 0 Å². The lowest BCUT2D eigenvalue weighted by molar-refractivity contribution is 0.276. The minimum atomic E-state index is 0.145. The zero-order valence-electron chi connectivity index (χ0n) is 8.20. The van der Waals surface area contributed by atoms with Crippen molar-refractivity contribution in [1.82, 2.24) is 4.57 Å². The van der Waals surface area contributed by atoms with Crippen LogP contribution in [0, 0.1) is 0 Å². The number of aromatic nitrogens is 1. The number of allylic oxidation sites excluding steroid dienone is 1. The van der Waals surface area contributed by atoms with Crippen LogP contribution in [0.15, 0.2) is 23.3 Å². The predicted octanol–water partition coefficient (Wildman–Crippen LogP) is 2.88. The van der Waals surface area contributed by atoms with E-state index in [1.807, 2.05) is 29.8 Å². The summed E-state index contributed by atoms with van der Waals surface area (Å²) in [5, 5.41) is 8.85. The normalized spacial score (nSPS) is 11.8. The molecule has 1 aromatic heterocycles. The quantitative estimate of drug-likeness (QED) is 0.880. The number of hydrogen-bond donors (Lipinski definition) is 1. The number of rotatable bonds is 4. The topological polar surface area (TPSA) is 25.2 Å². The minimum absolute atomic E-state index is 0.145. The molecule has 14 heavy (non-hydrogen) atoms. The van der Waals surface area contributed by atoms with Gasteiger partial charge in [-0.15, -0.1) is 0 Å². The van der Waals surface area contributed by atoms with E-state index >= 15 is 0 Å². The smallest absolute Gasteiger partial charge is 0.0610 e. The number of aliphatic hydroxyl groups excluding tert-OH is 1. The van der Waals surface area contributed by atoms with Gasteiger partial charge in [0.05, 0.1) is 6.61 Å². The Labute approximate surface area is 92.7 Å². The van der Waals surface area contributed by atoms with E-state index < -0.39 is 0 Å². The Morgan fingerprint density at radius 2 is 2.43 bits per heavy atom. The van der Waals surface area contributed by atoms with Crippen LogP contribution in [0.4, 0.5) is 0 Å². The van der Waals surface area contributed by atoms with Gasteiger partial charge in [0.25, 0.3) is 0 Å². The van der Waals surface area contributed by atoms with Gasteiger partial charge in [-0.2, -0.15) is 0 Å². The van der Waals surface area contributed by atoms with Crippen molar-refractivity contribution in [1.29, 1.82) is 0 Å². The van der Waals surface area contributed by atoms with Crippen molar-refractivity contribution in [2.75, 3.05) is 6.61 Å². The number of hydrogen-bond acceptors (Lipinski definition) is 1. The van der Waals surface area contributed by atoms with Gasteiger partial charge in [0, 0.05) is 24.0 Å². The lowest BCUT2D eigenvalue weighted by Gasteiger charge is -2.04.